The summed E-state index contributed by atoms with van der Waals surface area (Å²) in [4.78, 5) is 23.4. The number of hydrogen-bond donors (Lipinski definition) is 3. The summed E-state index contributed by atoms with van der Waals surface area (Å²) in [7, 11) is 0. The van der Waals surface area contributed by atoms with Gasteiger partial charge < -0.3 is 20.2 Å². The van der Waals surface area contributed by atoms with Gasteiger partial charge in [-0.1, -0.05) is 12.1 Å². The zero-order valence-electron chi connectivity index (χ0n) is 11.3. The molecule has 3 N–H and O–H groups in total. The first-order valence-corrected chi connectivity index (χ1v) is 7.32. The number of carboxylic acid groups (broad SMARTS) is 1. The maximum atomic E-state index is 11.8. The monoisotopic (exact) mass is 306 g/mol. The molecule has 0 fully saturated rings. The number of nitrogens with one attached hydrogen (secondary N) is 2. The Morgan fingerprint density at radius 2 is 2.00 bits per heavy atom. The number of rotatable bonds is 5. The standard InChI is InChI=1S/C14H14N2O4S/c1-21-12-5-3-2-4-10(12)16-14(19)15-8-9-6-7-11(20-9)13(17)18/h2-7H,8H2,1H3,(H,17,18)(H2,15,16,19). The van der Waals surface area contributed by atoms with Gasteiger partial charge in [-0.25, -0.2) is 9.59 Å². The lowest BCUT2D eigenvalue weighted by molar-refractivity contribution is 0.0660. The van der Waals surface area contributed by atoms with Crippen molar-refractivity contribution in [2.75, 3.05) is 11.6 Å². The van der Waals surface area contributed by atoms with Gasteiger partial charge in [-0.15, -0.1) is 11.8 Å². The van der Waals surface area contributed by atoms with Gasteiger partial charge in [0.15, 0.2) is 0 Å². The highest BCUT2D eigenvalue weighted by molar-refractivity contribution is 7.98. The number of benzene rings is 1. The van der Waals surface area contributed by atoms with Crippen LogP contribution in [0.1, 0.15) is 16.3 Å². The van der Waals surface area contributed by atoms with E-state index in [1.54, 1.807) is 6.07 Å². The average molecular weight is 306 g/mol. The topological polar surface area (TPSA) is 91.6 Å². The molecule has 6 nitrogen and oxygen atoms in total. The number of furan rings is 1. The molecule has 0 atom stereocenters. The molecule has 0 bridgehead atoms. The van der Waals surface area contributed by atoms with Crippen LogP contribution in [0.25, 0.3) is 0 Å². The van der Waals surface area contributed by atoms with Crippen LogP contribution in [0.5, 0.6) is 0 Å². The van der Waals surface area contributed by atoms with Crippen molar-refractivity contribution >= 4 is 29.4 Å². The fourth-order valence-corrected chi connectivity index (χ4v) is 2.22. The molecular formula is C14H14N2O4S. The SMILES string of the molecule is CSc1ccccc1NC(=O)NCc1ccc(C(=O)O)o1. The van der Waals surface area contributed by atoms with Crippen molar-refractivity contribution in [3.63, 3.8) is 0 Å². The largest absolute Gasteiger partial charge is 0.475 e. The summed E-state index contributed by atoms with van der Waals surface area (Å²) in [5, 5.41) is 14.1. The minimum atomic E-state index is -1.14. The highest BCUT2D eigenvalue weighted by Gasteiger charge is 2.10. The Balaban J connectivity index is 1.91. The molecule has 0 unspecified atom stereocenters. The fraction of sp³-hybridized carbons (Fsp3) is 0.143. The Morgan fingerprint density at radius 1 is 1.24 bits per heavy atom. The average Bonchev–Trinajstić information content (AvgIpc) is 2.95. The van der Waals surface area contributed by atoms with Crippen molar-refractivity contribution in [2.24, 2.45) is 0 Å². The second-order valence-electron chi connectivity index (χ2n) is 4.08. The summed E-state index contributed by atoms with van der Waals surface area (Å²) in [5.41, 5.74) is 0.716. The maximum absolute atomic E-state index is 11.8. The van der Waals surface area contributed by atoms with Crippen LogP contribution >= 0.6 is 11.8 Å². The van der Waals surface area contributed by atoms with E-state index in [2.05, 4.69) is 10.6 Å². The molecule has 7 heteroatoms. The number of carboxylic acids is 1. The number of thioether (sulfide) groups is 1. The lowest BCUT2D eigenvalue weighted by Gasteiger charge is -2.09. The van der Waals surface area contributed by atoms with E-state index < -0.39 is 5.97 Å². The van der Waals surface area contributed by atoms with Crippen molar-refractivity contribution < 1.29 is 19.1 Å². The Morgan fingerprint density at radius 3 is 2.67 bits per heavy atom. The number of para-hydroxylation sites is 1. The van der Waals surface area contributed by atoms with Crippen molar-refractivity contribution in [3.05, 3.63) is 47.9 Å². The normalized spacial score (nSPS) is 10.1. The maximum Gasteiger partial charge on any atom is 0.371 e. The van der Waals surface area contributed by atoms with Crippen LogP contribution in [0.2, 0.25) is 0 Å². The Labute approximate surface area is 125 Å². The molecule has 0 radical (unpaired) electrons. The first kappa shape index (κ1) is 15.0. The van der Waals surface area contributed by atoms with Gasteiger partial charge in [0.1, 0.15) is 5.76 Å². The van der Waals surface area contributed by atoms with Gasteiger partial charge in [0.05, 0.1) is 12.2 Å². The summed E-state index contributed by atoms with van der Waals surface area (Å²) in [6.45, 7) is 0.112. The zero-order chi connectivity index (χ0) is 15.2. The van der Waals surface area contributed by atoms with Crippen LogP contribution < -0.4 is 10.6 Å². The summed E-state index contributed by atoms with van der Waals surface area (Å²) in [6, 6.07) is 9.92. The summed E-state index contributed by atoms with van der Waals surface area (Å²) in [5.74, 6) is -0.916. The Hall–Kier alpha value is -2.41. The van der Waals surface area contributed by atoms with Gasteiger partial charge in [-0.3, -0.25) is 0 Å². The molecule has 0 aliphatic rings. The van der Waals surface area contributed by atoms with E-state index in [1.165, 1.54) is 23.9 Å². The van der Waals surface area contributed by atoms with Gasteiger partial charge >= 0.3 is 12.0 Å². The van der Waals surface area contributed by atoms with E-state index in [-0.39, 0.29) is 18.3 Å². The Bertz CT molecular complexity index is 654. The third-order valence-corrected chi connectivity index (χ3v) is 3.45. The predicted octanol–water partition coefficient (Wildman–Crippen LogP) is 3.02. The van der Waals surface area contributed by atoms with Crippen molar-refractivity contribution in [1.82, 2.24) is 5.32 Å². The molecule has 0 saturated heterocycles. The van der Waals surface area contributed by atoms with Gasteiger partial charge in [0, 0.05) is 4.90 Å². The van der Waals surface area contributed by atoms with Crippen LogP contribution in [0.15, 0.2) is 45.7 Å². The minimum Gasteiger partial charge on any atom is -0.475 e. The van der Waals surface area contributed by atoms with Crippen LogP contribution in [-0.4, -0.2) is 23.4 Å². The first-order valence-electron chi connectivity index (χ1n) is 6.10. The number of aromatic carboxylic acids is 1. The van der Waals surface area contributed by atoms with E-state index in [0.29, 0.717) is 11.4 Å². The van der Waals surface area contributed by atoms with Crippen LogP contribution in [0.3, 0.4) is 0 Å². The Kier molecular flexibility index (Phi) is 4.89. The quantitative estimate of drug-likeness (QED) is 0.739. The molecule has 2 rings (SSSR count). The van der Waals surface area contributed by atoms with Crippen molar-refractivity contribution in [1.29, 1.82) is 0 Å². The molecule has 0 spiro atoms. The number of hydrogen-bond acceptors (Lipinski definition) is 4. The van der Waals surface area contributed by atoms with Gasteiger partial charge in [-0.05, 0) is 30.5 Å². The van der Waals surface area contributed by atoms with Crippen LogP contribution in [0, 0.1) is 0 Å². The third kappa shape index (κ3) is 4.03. The second kappa shape index (κ2) is 6.85. The molecular weight excluding hydrogens is 292 g/mol. The molecule has 110 valence electrons. The van der Waals surface area contributed by atoms with E-state index >= 15 is 0 Å². The smallest absolute Gasteiger partial charge is 0.371 e. The highest BCUT2D eigenvalue weighted by Crippen LogP contribution is 2.24. The van der Waals surface area contributed by atoms with E-state index in [9.17, 15) is 9.59 Å². The van der Waals surface area contributed by atoms with E-state index in [4.69, 9.17) is 9.52 Å². The first-order chi connectivity index (χ1) is 10.1. The molecule has 2 aromatic rings. The molecule has 21 heavy (non-hydrogen) atoms. The third-order valence-electron chi connectivity index (χ3n) is 2.65. The number of anilines is 1. The van der Waals surface area contributed by atoms with Gasteiger partial charge in [-0.2, -0.15) is 0 Å². The second-order valence-corrected chi connectivity index (χ2v) is 4.93. The van der Waals surface area contributed by atoms with Crippen molar-refractivity contribution in [3.8, 4) is 0 Å². The lowest BCUT2D eigenvalue weighted by atomic mass is 10.3. The minimum absolute atomic E-state index is 0.112. The summed E-state index contributed by atoms with van der Waals surface area (Å²) < 4.78 is 5.04. The van der Waals surface area contributed by atoms with Gasteiger partial charge in [0.25, 0.3) is 0 Å². The van der Waals surface area contributed by atoms with Crippen molar-refractivity contribution in [2.45, 2.75) is 11.4 Å². The molecule has 1 aromatic heterocycles. The van der Waals surface area contributed by atoms with E-state index in [1.807, 2.05) is 24.5 Å². The summed E-state index contributed by atoms with van der Waals surface area (Å²) in [6.07, 6.45) is 1.93. The highest BCUT2D eigenvalue weighted by atomic mass is 32.2. The predicted molar refractivity (Wildman–Crippen MR) is 79.7 cm³/mol. The van der Waals surface area contributed by atoms with E-state index in [0.717, 1.165) is 4.90 Å². The fourth-order valence-electron chi connectivity index (χ4n) is 1.67. The molecule has 1 aromatic carbocycles. The van der Waals surface area contributed by atoms with Crippen LogP contribution in [0.4, 0.5) is 10.5 Å². The molecule has 0 aliphatic heterocycles. The van der Waals surface area contributed by atoms with Gasteiger partial charge in [0.2, 0.25) is 5.76 Å². The number of carbonyl (C=O) groups is 2. The lowest BCUT2D eigenvalue weighted by Crippen LogP contribution is -2.28. The zero-order valence-corrected chi connectivity index (χ0v) is 12.1. The molecule has 0 aliphatic carbocycles. The van der Waals surface area contributed by atoms with Crippen LogP contribution in [-0.2, 0) is 6.54 Å². The molecule has 1 heterocycles. The number of urea groups is 1. The molecule has 2 amide bonds. The number of carbonyl (C=O) groups excluding carboxylic acids is 1. The molecule has 0 saturated carbocycles. The summed E-state index contributed by atoms with van der Waals surface area (Å²) >= 11 is 1.53. The number of amides is 2.